The molecule has 2 aromatic carbocycles. The lowest BCUT2D eigenvalue weighted by Gasteiger charge is -2.28. The van der Waals surface area contributed by atoms with E-state index in [2.05, 4.69) is 15.4 Å². The number of hydrogen-bond donors (Lipinski definition) is 4. The molecule has 0 atom stereocenters. The largest absolute Gasteiger partial charge is 0.497 e. The van der Waals surface area contributed by atoms with E-state index in [-0.39, 0.29) is 10.8 Å². The summed E-state index contributed by atoms with van der Waals surface area (Å²) in [6.45, 7) is 2.68. The van der Waals surface area contributed by atoms with E-state index in [1.54, 1.807) is 12.1 Å². The number of para-hydroxylation sites is 1. The third kappa shape index (κ3) is 7.71. The molecule has 0 aliphatic heterocycles. The molecule has 0 unspecified atom stereocenters. The zero-order chi connectivity index (χ0) is 27.7. The molecule has 11 heteroatoms. The van der Waals surface area contributed by atoms with Gasteiger partial charge >= 0.3 is 0 Å². The maximum atomic E-state index is 13.0. The third-order valence-electron chi connectivity index (χ3n) is 7.26. The summed E-state index contributed by atoms with van der Waals surface area (Å²) in [4.78, 5) is 9.55. The van der Waals surface area contributed by atoms with Gasteiger partial charge in [0, 0.05) is 31.1 Å². The van der Waals surface area contributed by atoms with Crippen LogP contribution in [0, 0.1) is 11.8 Å². The summed E-state index contributed by atoms with van der Waals surface area (Å²) >= 11 is 0. The van der Waals surface area contributed by atoms with Crippen molar-refractivity contribution >= 4 is 32.7 Å². The smallest absolute Gasteiger partial charge is 0.244 e. The van der Waals surface area contributed by atoms with Gasteiger partial charge in [0.1, 0.15) is 22.2 Å². The minimum Gasteiger partial charge on any atom is -0.497 e. The van der Waals surface area contributed by atoms with Gasteiger partial charge in [0.2, 0.25) is 16.0 Å². The van der Waals surface area contributed by atoms with Gasteiger partial charge in [-0.1, -0.05) is 12.1 Å². The van der Waals surface area contributed by atoms with Crippen molar-refractivity contribution in [3.05, 3.63) is 42.5 Å². The lowest BCUT2D eigenvalue weighted by Crippen LogP contribution is -2.32. The van der Waals surface area contributed by atoms with Crippen molar-refractivity contribution < 1.29 is 17.9 Å². The average molecular weight is 557 g/mol. The van der Waals surface area contributed by atoms with Crippen molar-refractivity contribution in [3.63, 3.8) is 0 Å². The second kappa shape index (κ2) is 13.8. The Morgan fingerprint density at radius 2 is 1.67 bits per heavy atom. The van der Waals surface area contributed by atoms with Crippen molar-refractivity contribution in [1.82, 2.24) is 14.7 Å². The molecule has 0 radical (unpaired) electrons. The molecule has 10 nitrogen and oxygen atoms in total. The van der Waals surface area contributed by atoms with Gasteiger partial charge in [0.05, 0.1) is 19.7 Å². The van der Waals surface area contributed by atoms with E-state index in [0.29, 0.717) is 36.5 Å². The number of nitrogens with two attached hydrogens (primary N) is 1. The first kappa shape index (κ1) is 28.8. The minimum atomic E-state index is -3.72. The van der Waals surface area contributed by atoms with Crippen LogP contribution in [0.2, 0.25) is 0 Å². The Morgan fingerprint density at radius 1 is 0.923 bits per heavy atom. The zero-order valence-corrected chi connectivity index (χ0v) is 23.6. The van der Waals surface area contributed by atoms with Crippen molar-refractivity contribution in [2.75, 3.05) is 51.0 Å². The van der Waals surface area contributed by atoms with Crippen LogP contribution in [0.1, 0.15) is 38.5 Å². The van der Waals surface area contributed by atoms with E-state index in [0.717, 1.165) is 68.3 Å². The standard InChI is InChI=1S/C28H40N6O4S/c1-37-22-13-14-25(38-2)26(17-22)39(35,36)32-19-21-11-9-20(10-12-21)18-31-28-33-24-8-4-3-7-23(24)27(34-28)30-16-6-5-15-29/h3-4,7-8,13-14,17,20-21,32H,5-6,9-12,15-16,18-19,29H2,1-2H3,(H2,30,31,33,34). The third-order valence-corrected chi connectivity index (χ3v) is 8.71. The number of nitrogens with one attached hydrogen (secondary N) is 3. The SMILES string of the molecule is COc1ccc(OC)c(S(=O)(=O)NCC2CCC(CNc3nc(NCCCCN)c4ccccc4n3)CC2)c1. The minimum absolute atomic E-state index is 0.0888. The number of benzene rings is 2. The molecule has 3 aromatic rings. The van der Waals surface area contributed by atoms with Crippen LogP contribution in [-0.2, 0) is 10.0 Å². The van der Waals surface area contributed by atoms with Crippen LogP contribution < -0.4 is 30.6 Å². The molecule has 1 aromatic heterocycles. The molecular formula is C28H40N6O4S. The summed E-state index contributed by atoms with van der Waals surface area (Å²) in [6, 6.07) is 12.8. The molecule has 1 saturated carbocycles. The quantitative estimate of drug-likeness (QED) is 0.217. The molecule has 1 aliphatic carbocycles. The molecule has 1 aliphatic rings. The number of ether oxygens (including phenoxy) is 2. The van der Waals surface area contributed by atoms with Crippen LogP contribution >= 0.6 is 0 Å². The summed E-state index contributed by atoms with van der Waals surface area (Å²) in [5.74, 6) is 2.99. The molecule has 0 saturated heterocycles. The predicted octanol–water partition coefficient (Wildman–Crippen LogP) is 3.99. The van der Waals surface area contributed by atoms with E-state index in [1.165, 1.54) is 20.3 Å². The number of methoxy groups -OCH3 is 2. The van der Waals surface area contributed by atoms with Gasteiger partial charge in [0.15, 0.2) is 0 Å². The molecule has 0 amide bonds. The van der Waals surface area contributed by atoms with Gasteiger partial charge in [-0.25, -0.2) is 18.1 Å². The van der Waals surface area contributed by atoms with E-state index < -0.39 is 10.0 Å². The molecule has 1 fully saturated rings. The normalized spacial score (nSPS) is 17.6. The van der Waals surface area contributed by atoms with Gasteiger partial charge in [-0.15, -0.1) is 0 Å². The van der Waals surface area contributed by atoms with Crippen molar-refractivity contribution in [2.24, 2.45) is 17.6 Å². The predicted molar refractivity (Wildman–Crippen MR) is 155 cm³/mol. The van der Waals surface area contributed by atoms with Gasteiger partial charge in [-0.05, 0) is 81.2 Å². The van der Waals surface area contributed by atoms with Crippen LogP contribution in [0.15, 0.2) is 47.4 Å². The lowest BCUT2D eigenvalue weighted by molar-refractivity contribution is 0.284. The van der Waals surface area contributed by atoms with Crippen LogP contribution in [0.5, 0.6) is 11.5 Å². The Labute approximate surface area is 231 Å². The Bertz CT molecular complexity index is 1330. The number of rotatable bonds is 14. The van der Waals surface area contributed by atoms with E-state index in [9.17, 15) is 8.42 Å². The lowest BCUT2D eigenvalue weighted by atomic mass is 9.82. The van der Waals surface area contributed by atoms with Gasteiger partial charge in [-0.2, -0.15) is 4.98 Å². The van der Waals surface area contributed by atoms with Crippen molar-refractivity contribution in [1.29, 1.82) is 0 Å². The summed E-state index contributed by atoms with van der Waals surface area (Å²) in [5, 5.41) is 7.89. The highest BCUT2D eigenvalue weighted by Gasteiger charge is 2.25. The monoisotopic (exact) mass is 556 g/mol. The van der Waals surface area contributed by atoms with E-state index >= 15 is 0 Å². The van der Waals surface area contributed by atoms with Crippen LogP contribution in [0.25, 0.3) is 10.9 Å². The molecule has 4 rings (SSSR count). The number of nitrogens with zero attached hydrogens (tertiary/aromatic N) is 2. The van der Waals surface area contributed by atoms with Gasteiger partial charge in [0.25, 0.3) is 0 Å². The Hall–Kier alpha value is -3.15. The molecule has 212 valence electrons. The molecule has 0 spiro atoms. The summed E-state index contributed by atoms with van der Waals surface area (Å²) in [5.41, 5.74) is 6.52. The molecular weight excluding hydrogens is 516 g/mol. The maximum Gasteiger partial charge on any atom is 0.244 e. The van der Waals surface area contributed by atoms with Crippen LogP contribution in [0.3, 0.4) is 0 Å². The van der Waals surface area contributed by atoms with E-state index in [4.69, 9.17) is 25.2 Å². The number of hydrogen-bond acceptors (Lipinski definition) is 9. The molecule has 39 heavy (non-hydrogen) atoms. The number of anilines is 2. The number of unbranched alkanes of at least 4 members (excludes halogenated alkanes) is 1. The first-order valence-corrected chi connectivity index (χ1v) is 15.1. The summed E-state index contributed by atoms with van der Waals surface area (Å²) < 4.78 is 39.2. The highest BCUT2D eigenvalue weighted by atomic mass is 32.2. The fourth-order valence-electron chi connectivity index (χ4n) is 4.94. The maximum absolute atomic E-state index is 13.0. The first-order valence-electron chi connectivity index (χ1n) is 13.6. The van der Waals surface area contributed by atoms with Crippen LogP contribution in [-0.4, -0.2) is 58.8 Å². The summed E-state index contributed by atoms with van der Waals surface area (Å²) in [6.07, 6.45) is 5.90. The molecule has 5 N–H and O–H groups in total. The summed E-state index contributed by atoms with van der Waals surface area (Å²) in [7, 11) is -0.759. The van der Waals surface area contributed by atoms with Crippen LogP contribution in [0.4, 0.5) is 11.8 Å². The van der Waals surface area contributed by atoms with Crippen molar-refractivity contribution in [2.45, 2.75) is 43.4 Å². The van der Waals surface area contributed by atoms with E-state index in [1.807, 2.05) is 24.3 Å². The average Bonchev–Trinajstić information content (AvgIpc) is 2.97. The Kier molecular flexibility index (Phi) is 10.2. The highest BCUT2D eigenvalue weighted by Crippen LogP contribution is 2.31. The number of aromatic nitrogens is 2. The second-order valence-electron chi connectivity index (χ2n) is 9.97. The highest BCUT2D eigenvalue weighted by molar-refractivity contribution is 7.89. The molecule has 1 heterocycles. The zero-order valence-electron chi connectivity index (χ0n) is 22.8. The first-order chi connectivity index (χ1) is 18.9. The second-order valence-corrected chi connectivity index (χ2v) is 11.7. The Balaban J connectivity index is 1.29. The number of sulfonamides is 1. The molecule has 0 bridgehead atoms. The van der Waals surface area contributed by atoms with Gasteiger partial charge < -0.3 is 25.8 Å². The van der Waals surface area contributed by atoms with Gasteiger partial charge in [-0.3, -0.25) is 0 Å². The fraction of sp³-hybridized carbons (Fsp3) is 0.500. The number of fused-ring (bicyclic) bond motifs is 1. The fourth-order valence-corrected chi connectivity index (χ4v) is 6.24. The Morgan fingerprint density at radius 3 is 2.38 bits per heavy atom. The topological polar surface area (TPSA) is 140 Å². The van der Waals surface area contributed by atoms with Crippen molar-refractivity contribution in [3.8, 4) is 11.5 Å².